The average Bonchev–Trinajstić information content (AvgIpc) is 2.87. The minimum Gasteiger partial charge on any atom is -0.331 e. The van der Waals surface area contributed by atoms with E-state index in [2.05, 4.69) is 16.9 Å². The van der Waals surface area contributed by atoms with E-state index >= 15 is 0 Å². The van der Waals surface area contributed by atoms with Crippen LogP contribution in [0.15, 0.2) is 9.59 Å². The predicted molar refractivity (Wildman–Crippen MR) is 79.4 cm³/mol. The first-order valence-corrected chi connectivity index (χ1v) is 7.45. The first kappa shape index (κ1) is 14.1. The molecule has 3 rings (SSSR count). The molecular weight excluding hydrogens is 270 g/mol. The van der Waals surface area contributed by atoms with Crippen LogP contribution in [0.4, 0.5) is 0 Å². The molecule has 0 bridgehead atoms. The van der Waals surface area contributed by atoms with E-state index in [9.17, 15) is 9.59 Å². The lowest BCUT2D eigenvalue weighted by atomic mass is 10.0. The summed E-state index contributed by atoms with van der Waals surface area (Å²) in [5.41, 5.74) is 0.208. The molecule has 1 unspecified atom stereocenters. The number of aromatic amines is 1. The van der Waals surface area contributed by atoms with Crippen molar-refractivity contribution < 1.29 is 4.90 Å². The van der Waals surface area contributed by atoms with Gasteiger partial charge >= 0.3 is 5.69 Å². The minimum absolute atomic E-state index is 0.311. The number of nitrogens with zero attached hydrogens (tertiary/aromatic N) is 3. The molecule has 0 aromatic carbocycles. The maximum atomic E-state index is 12.1. The van der Waals surface area contributed by atoms with Gasteiger partial charge in [0, 0.05) is 20.0 Å². The Morgan fingerprint density at radius 1 is 1.33 bits per heavy atom. The Hall–Kier alpha value is -1.89. The first-order valence-electron chi connectivity index (χ1n) is 7.45. The fourth-order valence-corrected chi connectivity index (χ4v) is 3.25. The highest BCUT2D eigenvalue weighted by molar-refractivity contribution is 5.69. The zero-order valence-corrected chi connectivity index (χ0v) is 12.8. The molecular formula is C14H22N5O2+. The van der Waals surface area contributed by atoms with Crippen LogP contribution in [0.5, 0.6) is 0 Å². The zero-order valence-electron chi connectivity index (χ0n) is 12.8. The summed E-state index contributed by atoms with van der Waals surface area (Å²) in [6.07, 6.45) is 2.52. The van der Waals surface area contributed by atoms with E-state index in [0.29, 0.717) is 11.2 Å². The van der Waals surface area contributed by atoms with Gasteiger partial charge in [-0.2, -0.15) is 0 Å². The molecule has 7 nitrogen and oxygen atoms in total. The third-order valence-electron chi connectivity index (χ3n) is 4.43. The molecule has 0 aliphatic carbocycles. The summed E-state index contributed by atoms with van der Waals surface area (Å²) in [6, 6.07) is 0. The van der Waals surface area contributed by atoms with Crippen molar-refractivity contribution >= 4 is 11.2 Å². The van der Waals surface area contributed by atoms with Crippen LogP contribution in [0.2, 0.25) is 0 Å². The molecule has 114 valence electrons. The summed E-state index contributed by atoms with van der Waals surface area (Å²) >= 11 is 0. The standard InChI is InChI=1S/C14H21N5O2/c1-9-5-4-6-19(7-9)8-10-15-11-12(16-10)17(2)14(21)18(3)13(11)20/h9H,4-8H2,1-3H3,(H,15,16)/p+1/t9-/m1/s1. The van der Waals surface area contributed by atoms with Gasteiger partial charge in [-0.3, -0.25) is 13.9 Å². The number of nitrogens with one attached hydrogen (secondary N) is 2. The van der Waals surface area contributed by atoms with Gasteiger partial charge in [-0.25, -0.2) is 9.78 Å². The summed E-state index contributed by atoms with van der Waals surface area (Å²) in [4.78, 5) is 33.1. The maximum absolute atomic E-state index is 12.1. The van der Waals surface area contributed by atoms with Crippen molar-refractivity contribution in [1.29, 1.82) is 0 Å². The Morgan fingerprint density at radius 2 is 2.10 bits per heavy atom. The second kappa shape index (κ2) is 5.14. The lowest BCUT2D eigenvalue weighted by Gasteiger charge is -2.26. The molecule has 7 heteroatoms. The largest absolute Gasteiger partial charge is 0.332 e. The number of rotatable bonds is 2. The van der Waals surface area contributed by atoms with E-state index in [4.69, 9.17) is 0 Å². The predicted octanol–water partition coefficient (Wildman–Crippen LogP) is -1.22. The second-order valence-electron chi connectivity index (χ2n) is 6.22. The SMILES string of the molecule is C[C@@H]1CCC[NH+](Cc2nc3c([nH]2)c(=O)n(C)c(=O)n3C)C1. The lowest BCUT2D eigenvalue weighted by Crippen LogP contribution is -3.12. The highest BCUT2D eigenvalue weighted by Crippen LogP contribution is 2.07. The summed E-state index contributed by atoms with van der Waals surface area (Å²) < 4.78 is 2.53. The first-order chi connectivity index (χ1) is 9.97. The van der Waals surface area contributed by atoms with Crippen LogP contribution in [-0.2, 0) is 20.6 Å². The van der Waals surface area contributed by atoms with Gasteiger partial charge in [-0.1, -0.05) is 6.92 Å². The number of hydrogen-bond donors (Lipinski definition) is 2. The molecule has 0 saturated carbocycles. The van der Waals surface area contributed by atoms with Crippen molar-refractivity contribution in [2.75, 3.05) is 13.1 Å². The molecule has 0 amide bonds. The van der Waals surface area contributed by atoms with Crippen molar-refractivity contribution in [1.82, 2.24) is 19.1 Å². The second-order valence-corrected chi connectivity index (χ2v) is 6.22. The summed E-state index contributed by atoms with van der Waals surface area (Å²) in [5, 5.41) is 0. The average molecular weight is 292 g/mol. The molecule has 2 atom stereocenters. The van der Waals surface area contributed by atoms with E-state index in [1.165, 1.54) is 29.4 Å². The fraction of sp³-hybridized carbons (Fsp3) is 0.643. The van der Waals surface area contributed by atoms with Crippen molar-refractivity contribution in [3.8, 4) is 0 Å². The highest BCUT2D eigenvalue weighted by Gasteiger charge is 2.22. The maximum Gasteiger partial charge on any atom is 0.332 e. The fourth-order valence-electron chi connectivity index (χ4n) is 3.25. The van der Waals surface area contributed by atoms with Gasteiger partial charge in [0.2, 0.25) is 0 Å². The molecule has 0 spiro atoms. The van der Waals surface area contributed by atoms with E-state index in [0.717, 1.165) is 35.9 Å². The number of quaternary nitrogens is 1. The number of imidazole rings is 1. The monoisotopic (exact) mass is 292 g/mol. The highest BCUT2D eigenvalue weighted by atomic mass is 16.2. The Labute approximate surface area is 122 Å². The summed E-state index contributed by atoms with van der Waals surface area (Å²) in [7, 11) is 3.13. The Balaban J connectivity index is 1.98. The number of likely N-dealkylation sites (tertiary alicyclic amines) is 1. The smallest absolute Gasteiger partial charge is 0.331 e. The Morgan fingerprint density at radius 3 is 2.81 bits per heavy atom. The molecule has 1 aliphatic rings. The number of H-pyrrole nitrogens is 1. The molecule has 0 radical (unpaired) electrons. The van der Waals surface area contributed by atoms with Crippen molar-refractivity contribution in [3.05, 3.63) is 26.7 Å². The van der Waals surface area contributed by atoms with Crippen molar-refractivity contribution in [2.24, 2.45) is 20.0 Å². The Bertz CT molecular complexity index is 785. The van der Waals surface area contributed by atoms with Crippen LogP contribution in [0.1, 0.15) is 25.6 Å². The van der Waals surface area contributed by atoms with Gasteiger partial charge in [0.05, 0.1) is 13.1 Å². The quantitative estimate of drug-likeness (QED) is 0.728. The third-order valence-corrected chi connectivity index (χ3v) is 4.43. The van der Waals surface area contributed by atoms with Gasteiger partial charge in [0.15, 0.2) is 11.5 Å². The lowest BCUT2D eigenvalue weighted by molar-refractivity contribution is -0.922. The molecule has 21 heavy (non-hydrogen) atoms. The molecule has 1 fully saturated rings. The molecule has 3 heterocycles. The molecule has 1 saturated heterocycles. The topological polar surface area (TPSA) is 77.1 Å². The molecule has 2 N–H and O–H groups in total. The normalized spacial score (nSPS) is 22.8. The molecule has 1 aliphatic heterocycles. The minimum atomic E-state index is -0.343. The number of aryl methyl sites for hydroxylation is 1. The van der Waals surface area contributed by atoms with Gasteiger partial charge in [0.1, 0.15) is 12.1 Å². The summed E-state index contributed by atoms with van der Waals surface area (Å²) in [5.74, 6) is 1.52. The van der Waals surface area contributed by atoms with Crippen LogP contribution in [-0.4, -0.2) is 32.2 Å². The number of hydrogen-bond acceptors (Lipinski definition) is 3. The third kappa shape index (κ3) is 2.42. The van der Waals surface area contributed by atoms with E-state index in [1.54, 1.807) is 7.05 Å². The van der Waals surface area contributed by atoms with Crippen molar-refractivity contribution in [2.45, 2.75) is 26.3 Å². The van der Waals surface area contributed by atoms with Crippen LogP contribution in [0.3, 0.4) is 0 Å². The van der Waals surface area contributed by atoms with E-state index < -0.39 is 0 Å². The van der Waals surface area contributed by atoms with E-state index in [-0.39, 0.29) is 11.2 Å². The van der Waals surface area contributed by atoms with Crippen molar-refractivity contribution in [3.63, 3.8) is 0 Å². The van der Waals surface area contributed by atoms with Crippen LogP contribution < -0.4 is 16.1 Å². The van der Waals surface area contributed by atoms with Gasteiger partial charge in [-0.15, -0.1) is 0 Å². The van der Waals surface area contributed by atoms with Crippen LogP contribution >= 0.6 is 0 Å². The molecule has 2 aromatic rings. The number of fused-ring (bicyclic) bond motifs is 1. The molecule has 2 aromatic heterocycles. The van der Waals surface area contributed by atoms with Crippen LogP contribution in [0, 0.1) is 5.92 Å². The summed E-state index contributed by atoms with van der Waals surface area (Å²) in [6.45, 7) is 5.32. The van der Waals surface area contributed by atoms with Gasteiger partial charge < -0.3 is 9.88 Å². The number of aromatic nitrogens is 4. The zero-order chi connectivity index (χ0) is 15.1. The van der Waals surface area contributed by atoms with Gasteiger partial charge in [0.25, 0.3) is 5.56 Å². The van der Waals surface area contributed by atoms with Gasteiger partial charge in [-0.05, 0) is 12.8 Å². The van der Waals surface area contributed by atoms with E-state index in [1.807, 2.05) is 0 Å². The number of piperidine rings is 1. The van der Waals surface area contributed by atoms with Crippen LogP contribution in [0.25, 0.3) is 11.2 Å². The Kier molecular flexibility index (Phi) is 3.44.